The standard InChI is InChI=1S/C20H29FN4O2/c1-3-22-19(23-14-9-11-25(12-10-14)20(26)27-4-2)24-18-13-16(18)15-7-5-6-8-17(15)21/h5-8,14,16,18H,3-4,9-13H2,1-2H3,(H2,22,23,24). The Kier molecular flexibility index (Phi) is 6.53. The molecule has 0 bridgehead atoms. The van der Waals surface area contributed by atoms with Crippen molar-refractivity contribution >= 4 is 12.1 Å². The molecule has 27 heavy (non-hydrogen) atoms. The van der Waals surface area contributed by atoms with Crippen molar-refractivity contribution in [1.29, 1.82) is 0 Å². The lowest BCUT2D eigenvalue weighted by Gasteiger charge is -2.32. The van der Waals surface area contributed by atoms with E-state index in [1.165, 1.54) is 6.07 Å². The highest BCUT2D eigenvalue weighted by molar-refractivity contribution is 5.81. The average molecular weight is 376 g/mol. The molecule has 0 radical (unpaired) electrons. The van der Waals surface area contributed by atoms with Crippen LogP contribution < -0.4 is 10.6 Å². The highest BCUT2D eigenvalue weighted by Crippen LogP contribution is 2.41. The minimum Gasteiger partial charge on any atom is -0.450 e. The van der Waals surface area contributed by atoms with Gasteiger partial charge in [0.25, 0.3) is 0 Å². The average Bonchev–Trinajstić information content (AvgIpc) is 3.42. The molecule has 1 saturated carbocycles. The number of nitrogens with zero attached hydrogens (tertiary/aromatic N) is 2. The van der Waals surface area contributed by atoms with Crippen LogP contribution >= 0.6 is 0 Å². The van der Waals surface area contributed by atoms with E-state index in [2.05, 4.69) is 15.6 Å². The van der Waals surface area contributed by atoms with Gasteiger partial charge in [0.15, 0.2) is 5.96 Å². The number of benzene rings is 1. The second-order valence-corrected chi connectivity index (χ2v) is 7.04. The number of halogens is 1. The van der Waals surface area contributed by atoms with Crippen molar-refractivity contribution in [1.82, 2.24) is 15.5 Å². The van der Waals surface area contributed by atoms with Crippen LogP contribution in [-0.4, -0.2) is 55.3 Å². The number of likely N-dealkylation sites (tertiary alicyclic amines) is 1. The maximum atomic E-state index is 14.0. The molecule has 2 unspecified atom stereocenters. The molecule has 2 aliphatic rings. The van der Waals surface area contributed by atoms with Crippen LogP contribution in [0.5, 0.6) is 0 Å². The van der Waals surface area contributed by atoms with Gasteiger partial charge in [0, 0.05) is 37.6 Å². The first-order valence-corrected chi connectivity index (χ1v) is 9.86. The van der Waals surface area contributed by atoms with Gasteiger partial charge in [-0.15, -0.1) is 0 Å². The van der Waals surface area contributed by atoms with Gasteiger partial charge in [-0.25, -0.2) is 9.18 Å². The number of amides is 1. The number of piperidine rings is 1. The summed E-state index contributed by atoms with van der Waals surface area (Å²) >= 11 is 0. The van der Waals surface area contributed by atoms with Crippen molar-refractivity contribution in [3.63, 3.8) is 0 Å². The van der Waals surface area contributed by atoms with Gasteiger partial charge in [-0.1, -0.05) is 18.2 Å². The van der Waals surface area contributed by atoms with Crippen LogP contribution in [0.4, 0.5) is 9.18 Å². The Hall–Kier alpha value is -2.31. The van der Waals surface area contributed by atoms with E-state index in [-0.39, 0.29) is 29.9 Å². The number of carbonyl (C=O) groups is 1. The van der Waals surface area contributed by atoms with Crippen LogP contribution in [0.3, 0.4) is 0 Å². The van der Waals surface area contributed by atoms with Crippen LogP contribution in [0.15, 0.2) is 29.3 Å². The van der Waals surface area contributed by atoms with E-state index in [1.807, 2.05) is 26.0 Å². The Morgan fingerprint density at radius 1 is 1.26 bits per heavy atom. The van der Waals surface area contributed by atoms with Crippen molar-refractivity contribution in [2.75, 3.05) is 26.2 Å². The van der Waals surface area contributed by atoms with E-state index in [0.29, 0.717) is 26.2 Å². The lowest BCUT2D eigenvalue weighted by Crippen LogP contribution is -2.50. The van der Waals surface area contributed by atoms with Crippen molar-refractivity contribution in [3.8, 4) is 0 Å². The summed E-state index contributed by atoms with van der Waals surface area (Å²) in [5.41, 5.74) is 0.772. The van der Waals surface area contributed by atoms with Gasteiger partial charge >= 0.3 is 6.09 Å². The van der Waals surface area contributed by atoms with E-state index in [0.717, 1.165) is 30.8 Å². The number of guanidine groups is 1. The fraction of sp³-hybridized carbons (Fsp3) is 0.600. The molecule has 0 aromatic heterocycles. The van der Waals surface area contributed by atoms with Gasteiger partial charge in [0.2, 0.25) is 0 Å². The summed E-state index contributed by atoms with van der Waals surface area (Å²) in [6.07, 6.45) is 2.38. The molecule has 1 heterocycles. The van der Waals surface area contributed by atoms with Gasteiger partial charge in [-0.05, 0) is 44.7 Å². The summed E-state index contributed by atoms with van der Waals surface area (Å²) in [6, 6.07) is 7.44. The molecular formula is C20H29FN4O2. The molecule has 148 valence electrons. The smallest absolute Gasteiger partial charge is 0.409 e. The molecule has 1 aliphatic heterocycles. The van der Waals surface area contributed by atoms with Gasteiger partial charge in [-0.2, -0.15) is 0 Å². The van der Waals surface area contributed by atoms with E-state index >= 15 is 0 Å². The Balaban J connectivity index is 1.49. The minimum absolute atomic E-state index is 0.139. The Morgan fingerprint density at radius 2 is 2.00 bits per heavy atom. The fourth-order valence-electron chi connectivity index (χ4n) is 3.56. The Morgan fingerprint density at radius 3 is 2.67 bits per heavy atom. The second kappa shape index (κ2) is 9.06. The zero-order valence-corrected chi connectivity index (χ0v) is 16.1. The summed E-state index contributed by atoms with van der Waals surface area (Å²) in [5.74, 6) is 0.830. The normalized spacial score (nSPS) is 23.1. The van der Waals surface area contributed by atoms with Crippen molar-refractivity contribution in [2.24, 2.45) is 4.99 Å². The summed E-state index contributed by atoms with van der Waals surface area (Å²) in [6.45, 7) is 6.24. The summed E-state index contributed by atoms with van der Waals surface area (Å²) in [7, 11) is 0. The minimum atomic E-state index is -0.234. The Labute approximate surface area is 160 Å². The maximum Gasteiger partial charge on any atom is 0.409 e. The van der Waals surface area contributed by atoms with Gasteiger partial charge in [0.05, 0.1) is 6.61 Å². The van der Waals surface area contributed by atoms with E-state index < -0.39 is 0 Å². The molecule has 0 spiro atoms. The fourth-order valence-corrected chi connectivity index (χ4v) is 3.56. The zero-order valence-electron chi connectivity index (χ0n) is 16.1. The third-order valence-electron chi connectivity index (χ3n) is 5.10. The first-order chi connectivity index (χ1) is 13.1. The van der Waals surface area contributed by atoms with Crippen molar-refractivity contribution < 1.29 is 13.9 Å². The number of aliphatic imine (C=N–C) groups is 1. The molecule has 1 aliphatic carbocycles. The summed E-state index contributed by atoms with van der Waals surface area (Å²) in [4.78, 5) is 18.1. The number of hydrogen-bond donors (Lipinski definition) is 2. The molecule has 7 heteroatoms. The lowest BCUT2D eigenvalue weighted by atomic mass is 10.1. The van der Waals surface area contributed by atoms with E-state index in [1.54, 1.807) is 11.0 Å². The molecule has 2 atom stereocenters. The molecule has 6 nitrogen and oxygen atoms in total. The number of ether oxygens (including phenoxy) is 1. The van der Waals surface area contributed by atoms with Gasteiger partial charge in [-0.3, -0.25) is 4.99 Å². The van der Waals surface area contributed by atoms with Crippen molar-refractivity contribution in [2.45, 2.75) is 51.1 Å². The molecule has 1 amide bonds. The van der Waals surface area contributed by atoms with Crippen LogP contribution in [0.2, 0.25) is 0 Å². The lowest BCUT2D eigenvalue weighted by molar-refractivity contribution is 0.0963. The third-order valence-corrected chi connectivity index (χ3v) is 5.10. The first kappa shape index (κ1) is 19.5. The van der Waals surface area contributed by atoms with Crippen LogP contribution in [0.1, 0.15) is 44.6 Å². The maximum absolute atomic E-state index is 14.0. The monoisotopic (exact) mass is 376 g/mol. The summed E-state index contributed by atoms with van der Waals surface area (Å²) in [5, 5.41) is 6.91. The quantitative estimate of drug-likeness (QED) is 0.613. The molecule has 2 fully saturated rings. The predicted octanol–water partition coefficient (Wildman–Crippen LogP) is 2.86. The Bertz CT molecular complexity index is 674. The number of hydrogen-bond acceptors (Lipinski definition) is 3. The zero-order chi connectivity index (χ0) is 19.2. The second-order valence-electron chi connectivity index (χ2n) is 7.04. The van der Waals surface area contributed by atoms with E-state index in [9.17, 15) is 9.18 Å². The van der Waals surface area contributed by atoms with E-state index in [4.69, 9.17) is 4.74 Å². The van der Waals surface area contributed by atoms with Gasteiger partial charge < -0.3 is 20.3 Å². The topological polar surface area (TPSA) is 66.0 Å². The van der Waals surface area contributed by atoms with Crippen molar-refractivity contribution in [3.05, 3.63) is 35.6 Å². The SMILES string of the molecule is CCN=C(NC1CCN(C(=O)OCC)CC1)NC1CC1c1ccccc1F. The highest BCUT2D eigenvalue weighted by Gasteiger charge is 2.40. The molecule has 2 N–H and O–H groups in total. The summed E-state index contributed by atoms with van der Waals surface area (Å²) < 4.78 is 19.0. The number of rotatable bonds is 5. The van der Waals surface area contributed by atoms with Gasteiger partial charge in [0.1, 0.15) is 5.82 Å². The molecule has 3 rings (SSSR count). The first-order valence-electron chi connectivity index (χ1n) is 9.86. The molecule has 1 aromatic carbocycles. The number of nitrogens with one attached hydrogen (secondary N) is 2. The van der Waals surface area contributed by atoms with Crippen LogP contribution in [0, 0.1) is 5.82 Å². The third kappa shape index (κ3) is 5.11. The molecular weight excluding hydrogens is 347 g/mol. The molecule has 1 saturated heterocycles. The van der Waals surface area contributed by atoms with Crippen LogP contribution in [-0.2, 0) is 4.74 Å². The van der Waals surface area contributed by atoms with Crippen LogP contribution in [0.25, 0.3) is 0 Å². The number of carbonyl (C=O) groups excluding carboxylic acids is 1. The predicted molar refractivity (Wildman–Crippen MR) is 103 cm³/mol. The highest BCUT2D eigenvalue weighted by atomic mass is 19.1. The largest absolute Gasteiger partial charge is 0.450 e. The molecule has 1 aromatic rings.